The van der Waals surface area contributed by atoms with Crippen LogP contribution in [0.15, 0.2) is 42.5 Å². The van der Waals surface area contributed by atoms with Gasteiger partial charge in [-0.3, -0.25) is 4.90 Å². The number of anilines is 1. The molecule has 0 bridgehead atoms. The number of nitrogen functional groups attached to an aromatic ring is 1. The van der Waals surface area contributed by atoms with Crippen molar-refractivity contribution in [1.82, 2.24) is 19.9 Å². The van der Waals surface area contributed by atoms with Crippen LogP contribution < -0.4 is 11.5 Å². The Labute approximate surface area is 148 Å². The van der Waals surface area contributed by atoms with Crippen molar-refractivity contribution in [3.63, 3.8) is 0 Å². The number of nitrogens with two attached hydrogens (primary N) is 2. The lowest BCUT2D eigenvalue weighted by atomic mass is 10.1. The summed E-state index contributed by atoms with van der Waals surface area (Å²) in [5.74, 6) is 1.51. The van der Waals surface area contributed by atoms with E-state index in [0.29, 0.717) is 12.4 Å². The lowest BCUT2D eigenvalue weighted by Crippen LogP contribution is -2.29. The highest BCUT2D eigenvalue weighted by molar-refractivity contribution is 5.74. The summed E-state index contributed by atoms with van der Waals surface area (Å²) in [5, 5.41) is 0. The number of hydrogen-bond acceptors (Lipinski definition) is 5. The first-order valence-corrected chi connectivity index (χ1v) is 8.77. The van der Waals surface area contributed by atoms with Gasteiger partial charge < -0.3 is 16.5 Å². The monoisotopic (exact) mass is 338 g/mol. The van der Waals surface area contributed by atoms with Crippen LogP contribution in [-0.4, -0.2) is 32.9 Å². The van der Waals surface area contributed by atoms with Crippen molar-refractivity contribution < 1.29 is 0 Å². The first-order chi connectivity index (χ1) is 12.2. The average molecular weight is 338 g/mol. The number of pyridine rings is 1. The number of hydrogen-bond donors (Lipinski definition) is 3. The van der Waals surface area contributed by atoms with E-state index in [1.54, 1.807) is 0 Å². The molecule has 1 aromatic carbocycles. The summed E-state index contributed by atoms with van der Waals surface area (Å²) < 4.78 is 0. The molecule has 0 aliphatic carbocycles. The minimum absolute atomic E-state index is 0.148. The number of imidazole rings is 1. The minimum atomic E-state index is 0.148. The molecule has 0 saturated heterocycles. The third-order valence-corrected chi connectivity index (χ3v) is 4.46. The van der Waals surface area contributed by atoms with E-state index in [9.17, 15) is 0 Å². The molecule has 6 heteroatoms. The second-order valence-electron chi connectivity index (χ2n) is 6.33. The van der Waals surface area contributed by atoms with Crippen molar-refractivity contribution in [2.45, 2.75) is 32.4 Å². The van der Waals surface area contributed by atoms with Gasteiger partial charge in [-0.1, -0.05) is 18.2 Å². The molecule has 5 N–H and O–H groups in total. The Morgan fingerprint density at radius 3 is 2.68 bits per heavy atom. The summed E-state index contributed by atoms with van der Waals surface area (Å²) in [6.07, 6.45) is 2.05. The summed E-state index contributed by atoms with van der Waals surface area (Å²) in [6, 6.07) is 14.0. The van der Waals surface area contributed by atoms with Crippen molar-refractivity contribution in [2.24, 2.45) is 5.73 Å². The normalized spacial score (nSPS) is 12.8. The number of rotatable bonds is 8. The maximum atomic E-state index is 5.86. The van der Waals surface area contributed by atoms with Gasteiger partial charge in [0.25, 0.3) is 0 Å². The van der Waals surface area contributed by atoms with Gasteiger partial charge in [0.1, 0.15) is 11.6 Å². The van der Waals surface area contributed by atoms with E-state index in [4.69, 9.17) is 16.5 Å². The van der Waals surface area contributed by atoms with Crippen LogP contribution >= 0.6 is 0 Å². The molecule has 1 unspecified atom stereocenters. The van der Waals surface area contributed by atoms with Crippen LogP contribution in [0.25, 0.3) is 11.0 Å². The van der Waals surface area contributed by atoms with Gasteiger partial charge in [0.15, 0.2) is 0 Å². The van der Waals surface area contributed by atoms with Crippen molar-refractivity contribution in [3.05, 3.63) is 54.0 Å². The van der Waals surface area contributed by atoms with Gasteiger partial charge in [0.05, 0.1) is 23.3 Å². The molecule has 0 aliphatic rings. The molecule has 25 heavy (non-hydrogen) atoms. The SMILES string of the molecule is CC(c1cccc(N)n1)N(CCCCN)Cc1nc2ccccc2[nH]1. The fourth-order valence-electron chi connectivity index (χ4n) is 3.03. The third kappa shape index (κ3) is 4.35. The molecule has 3 rings (SSSR count). The molecule has 3 aromatic rings. The Kier molecular flexibility index (Phi) is 5.63. The Morgan fingerprint density at radius 1 is 1.08 bits per heavy atom. The van der Waals surface area contributed by atoms with Gasteiger partial charge in [-0.25, -0.2) is 9.97 Å². The molecule has 0 radical (unpaired) electrons. The number of benzene rings is 1. The summed E-state index contributed by atoms with van der Waals surface area (Å²) in [6.45, 7) is 4.54. The second kappa shape index (κ2) is 8.09. The fraction of sp³-hybridized carbons (Fsp3) is 0.368. The Bertz CT molecular complexity index is 779. The number of para-hydroxylation sites is 2. The van der Waals surface area contributed by atoms with Crippen LogP contribution in [0.2, 0.25) is 0 Å². The topological polar surface area (TPSA) is 96.8 Å². The molecule has 0 saturated carbocycles. The first kappa shape index (κ1) is 17.4. The van der Waals surface area contributed by atoms with Crippen LogP contribution in [0.5, 0.6) is 0 Å². The predicted molar refractivity (Wildman–Crippen MR) is 102 cm³/mol. The van der Waals surface area contributed by atoms with Crippen LogP contribution in [0.1, 0.15) is 37.3 Å². The van der Waals surface area contributed by atoms with Crippen LogP contribution in [-0.2, 0) is 6.54 Å². The van der Waals surface area contributed by atoms with E-state index in [2.05, 4.69) is 21.8 Å². The minimum Gasteiger partial charge on any atom is -0.384 e. The van der Waals surface area contributed by atoms with E-state index in [1.807, 2.05) is 42.5 Å². The highest BCUT2D eigenvalue weighted by atomic mass is 15.2. The van der Waals surface area contributed by atoms with Gasteiger partial charge in [-0.15, -0.1) is 0 Å². The summed E-state index contributed by atoms with van der Waals surface area (Å²) in [4.78, 5) is 15.0. The summed E-state index contributed by atoms with van der Waals surface area (Å²) in [7, 11) is 0. The van der Waals surface area contributed by atoms with Gasteiger partial charge in [0, 0.05) is 6.04 Å². The van der Waals surface area contributed by atoms with E-state index >= 15 is 0 Å². The summed E-state index contributed by atoms with van der Waals surface area (Å²) >= 11 is 0. The zero-order valence-electron chi connectivity index (χ0n) is 14.7. The van der Waals surface area contributed by atoms with Gasteiger partial charge in [-0.2, -0.15) is 0 Å². The van der Waals surface area contributed by atoms with Crippen molar-refractivity contribution in [3.8, 4) is 0 Å². The molecule has 6 nitrogen and oxygen atoms in total. The third-order valence-electron chi connectivity index (χ3n) is 4.46. The molecule has 0 amide bonds. The highest BCUT2D eigenvalue weighted by Gasteiger charge is 2.18. The van der Waals surface area contributed by atoms with E-state index in [-0.39, 0.29) is 6.04 Å². The van der Waals surface area contributed by atoms with Gasteiger partial charge >= 0.3 is 0 Å². The predicted octanol–water partition coefficient (Wildman–Crippen LogP) is 2.84. The molecule has 0 fully saturated rings. The van der Waals surface area contributed by atoms with Gasteiger partial charge in [-0.05, 0) is 57.1 Å². The average Bonchev–Trinajstić information content (AvgIpc) is 3.03. The molecular formula is C19H26N6. The van der Waals surface area contributed by atoms with Crippen LogP contribution in [0.3, 0.4) is 0 Å². The molecule has 2 heterocycles. The zero-order valence-corrected chi connectivity index (χ0v) is 14.7. The van der Waals surface area contributed by atoms with Crippen molar-refractivity contribution in [2.75, 3.05) is 18.8 Å². The Morgan fingerprint density at radius 2 is 1.92 bits per heavy atom. The number of aromatic nitrogens is 3. The first-order valence-electron chi connectivity index (χ1n) is 8.77. The largest absolute Gasteiger partial charge is 0.384 e. The molecular weight excluding hydrogens is 312 g/mol. The highest BCUT2D eigenvalue weighted by Crippen LogP contribution is 2.22. The molecule has 2 aromatic heterocycles. The van der Waals surface area contributed by atoms with E-state index < -0.39 is 0 Å². The molecule has 0 spiro atoms. The number of H-pyrrole nitrogens is 1. The number of fused-ring (bicyclic) bond motifs is 1. The molecule has 1 atom stereocenters. The smallest absolute Gasteiger partial charge is 0.123 e. The van der Waals surface area contributed by atoms with Crippen LogP contribution in [0.4, 0.5) is 5.82 Å². The summed E-state index contributed by atoms with van der Waals surface area (Å²) in [5.41, 5.74) is 14.6. The van der Waals surface area contributed by atoms with E-state index in [1.165, 1.54) is 0 Å². The number of aromatic amines is 1. The number of nitrogens with zero attached hydrogens (tertiary/aromatic N) is 3. The Hall–Kier alpha value is -2.44. The van der Waals surface area contributed by atoms with Gasteiger partial charge in [0.2, 0.25) is 0 Å². The number of nitrogens with one attached hydrogen (secondary N) is 1. The second-order valence-corrected chi connectivity index (χ2v) is 6.33. The standard InChI is InChI=1S/C19H26N6/c1-14(15-9-6-10-18(21)22-15)25(12-5-4-11-20)13-19-23-16-7-2-3-8-17(16)24-19/h2-3,6-10,14H,4-5,11-13,20H2,1H3,(H2,21,22)(H,23,24). The molecule has 0 aliphatic heterocycles. The lowest BCUT2D eigenvalue weighted by molar-refractivity contribution is 0.190. The zero-order chi connectivity index (χ0) is 17.6. The van der Waals surface area contributed by atoms with Crippen LogP contribution in [0, 0.1) is 0 Å². The maximum Gasteiger partial charge on any atom is 0.123 e. The molecule has 132 valence electrons. The fourth-order valence-corrected chi connectivity index (χ4v) is 3.03. The lowest BCUT2D eigenvalue weighted by Gasteiger charge is -2.28. The van der Waals surface area contributed by atoms with Crippen molar-refractivity contribution >= 4 is 16.9 Å². The maximum absolute atomic E-state index is 5.86. The van der Waals surface area contributed by atoms with Crippen molar-refractivity contribution in [1.29, 1.82) is 0 Å². The quantitative estimate of drug-likeness (QED) is 0.549. The number of unbranched alkanes of at least 4 members (excludes halogenated alkanes) is 1. The Balaban J connectivity index is 1.80. The van der Waals surface area contributed by atoms with E-state index in [0.717, 1.165) is 48.5 Å².